The summed E-state index contributed by atoms with van der Waals surface area (Å²) in [4.78, 5) is 16.4. The first-order chi connectivity index (χ1) is 9.76. The number of H-pyrrole nitrogens is 1. The molecule has 0 aliphatic heterocycles. The van der Waals surface area contributed by atoms with Crippen LogP contribution in [0.3, 0.4) is 0 Å². The number of hydrogen-bond acceptors (Lipinski definition) is 3. The highest BCUT2D eigenvalue weighted by atomic mass is 16.1. The fourth-order valence-electron chi connectivity index (χ4n) is 2.01. The van der Waals surface area contributed by atoms with E-state index in [1.165, 1.54) is 0 Å². The second-order valence-electron chi connectivity index (χ2n) is 4.50. The normalized spacial score (nSPS) is 10.7. The second-order valence-corrected chi connectivity index (χ2v) is 4.50. The van der Waals surface area contributed by atoms with Crippen molar-refractivity contribution >= 4 is 22.6 Å². The maximum Gasteiger partial charge on any atom is 0.256 e. The van der Waals surface area contributed by atoms with Gasteiger partial charge in [-0.3, -0.25) is 14.9 Å². The summed E-state index contributed by atoms with van der Waals surface area (Å²) >= 11 is 0. The Morgan fingerprint density at radius 3 is 3.00 bits per heavy atom. The topological polar surface area (TPSA) is 70.7 Å². The third-order valence-corrected chi connectivity index (χ3v) is 3.12. The Balaban J connectivity index is 1.84. The van der Waals surface area contributed by atoms with Gasteiger partial charge in [0.1, 0.15) is 0 Å². The average Bonchev–Trinajstić information content (AvgIpc) is 2.94. The zero-order valence-corrected chi connectivity index (χ0v) is 11.1. The summed E-state index contributed by atoms with van der Waals surface area (Å²) in [5.41, 5.74) is 2.45. The molecule has 0 spiro atoms. The number of amides is 1. The highest BCUT2D eigenvalue weighted by Gasteiger charge is 2.09. The maximum absolute atomic E-state index is 12.2. The number of carbonyl (C=O) groups excluding carboxylic acids is 1. The minimum Gasteiger partial charge on any atom is -0.305 e. The van der Waals surface area contributed by atoms with Crippen molar-refractivity contribution in [3.63, 3.8) is 0 Å². The standard InChI is InChI=1S/C15H14N4O/c1-2-12-9-14(19-18-12)17-15(20)11-5-6-13-10(8-11)4-3-7-16-13/h3-9H,2H2,1H3,(H2,17,18,19,20). The van der Waals surface area contributed by atoms with Gasteiger partial charge < -0.3 is 5.32 Å². The molecule has 0 aliphatic carbocycles. The number of nitrogens with one attached hydrogen (secondary N) is 2. The van der Waals surface area contributed by atoms with Crippen LogP contribution in [0.15, 0.2) is 42.6 Å². The number of nitrogens with zero attached hydrogens (tertiary/aromatic N) is 2. The van der Waals surface area contributed by atoms with Gasteiger partial charge in [0.05, 0.1) is 5.52 Å². The number of carbonyl (C=O) groups is 1. The van der Waals surface area contributed by atoms with Crippen molar-refractivity contribution in [1.29, 1.82) is 0 Å². The number of aryl methyl sites for hydroxylation is 1. The zero-order valence-electron chi connectivity index (χ0n) is 11.1. The summed E-state index contributed by atoms with van der Waals surface area (Å²) < 4.78 is 0. The Labute approximate surface area is 116 Å². The van der Waals surface area contributed by atoms with E-state index in [-0.39, 0.29) is 5.91 Å². The lowest BCUT2D eigenvalue weighted by Gasteiger charge is -2.03. The lowest BCUT2D eigenvalue weighted by molar-refractivity contribution is 0.102. The van der Waals surface area contributed by atoms with Crippen LogP contribution in [0.25, 0.3) is 10.9 Å². The molecule has 0 unspecified atom stereocenters. The molecule has 1 aromatic carbocycles. The summed E-state index contributed by atoms with van der Waals surface area (Å²) in [6.07, 6.45) is 2.59. The third-order valence-electron chi connectivity index (χ3n) is 3.12. The summed E-state index contributed by atoms with van der Waals surface area (Å²) in [5.74, 6) is 0.364. The van der Waals surface area contributed by atoms with Crippen molar-refractivity contribution in [3.8, 4) is 0 Å². The molecule has 2 aromatic heterocycles. The molecule has 0 bridgehead atoms. The summed E-state index contributed by atoms with van der Waals surface area (Å²) in [5, 5.41) is 10.6. The second kappa shape index (κ2) is 5.13. The SMILES string of the molecule is CCc1cc(NC(=O)c2ccc3ncccc3c2)n[nH]1. The van der Waals surface area contributed by atoms with Gasteiger partial charge >= 0.3 is 0 Å². The quantitative estimate of drug-likeness (QED) is 0.765. The maximum atomic E-state index is 12.2. The monoisotopic (exact) mass is 266 g/mol. The molecule has 20 heavy (non-hydrogen) atoms. The molecule has 2 N–H and O–H groups in total. The summed E-state index contributed by atoms with van der Waals surface area (Å²) in [7, 11) is 0. The van der Waals surface area contributed by atoms with E-state index in [0.717, 1.165) is 23.0 Å². The van der Waals surface area contributed by atoms with E-state index in [1.807, 2.05) is 37.3 Å². The fourth-order valence-corrected chi connectivity index (χ4v) is 2.01. The minimum atomic E-state index is -0.176. The summed E-state index contributed by atoms with van der Waals surface area (Å²) in [6, 6.07) is 11.0. The molecule has 2 heterocycles. The number of benzene rings is 1. The lowest BCUT2D eigenvalue weighted by atomic mass is 10.1. The van der Waals surface area contributed by atoms with Crippen molar-refractivity contribution < 1.29 is 4.79 Å². The highest BCUT2D eigenvalue weighted by molar-refractivity contribution is 6.05. The molecule has 5 nitrogen and oxygen atoms in total. The van der Waals surface area contributed by atoms with Gasteiger partial charge in [-0.1, -0.05) is 13.0 Å². The van der Waals surface area contributed by atoms with Gasteiger partial charge in [-0.2, -0.15) is 5.10 Å². The van der Waals surface area contributed by atoms with Gasteiger partial charge in [0.25, 0.3) is 5.91 Å². The molecule has 5 heteroatoms. The molecule has 0 saturated carbocycles. The van der Waals surface area contributed by atoms with Crippen molar-refractivity contribution in [2.75, 3.05) is 5.32 Å². The predicted molar refractivity (Wildman–Crippen MR) is 77.7 cm³/mol. The van der Waals surface area contributed by atoms with E-state index in [4.69, 9.17) is 0 Å². The zero-order chi connectivity index (χ0) is 13.9. The van der Waals surface area contributed by atoms with Crippen LogP contribution in [0, 0.1) is 0 Å². The molecular weight excluding hydrogens is 252 g/mol. The van der Waals surface area contributed by atoms with Crippen LogP contribution < -0.4 is 5.32 Å². The van der Waals surface area contributed by atoms with Crippen LogP contribution >= 0.6 is 0 Å². The molecule has 0 radical (unpaired) electrons. The van der Waals surface area contributed by atoms with Gasteiger partial charge in [-0.05, 0) is 30.7 Å². The number of anilines is 1. The Morgan fingerprint density at radius 1 is 1.30 bits per heavy atom. The molecule has 3 rings (SSSR count). The van der Waals surface area contributed by atoms with Gasteiger partial charge in [-0.25, -0.2) is 0 Å². The van der Waals surface area contributed by atoms with E-state index in [9.17, 15) is 4.79 Å². The van der Waals surface area contributed by atoms with E-state index < -0.39 is 0 Å². The number of hydrogen-bond donors (Lipinski definition) is 2. The van der Waals surface area contributed by atoms with Gasteiger partial charge in [0, 0.05) is 28.9 Å². The van der Waals surface area contributed by atoms with Crippen molar-refractivity contribution in [1.82, 2.24) is 15.2 Å². The van der Waals surface area contributed by atoms with Gasteiger partial charge in [0.2, 0.25) is 0 Å². The van der Waals surface area contributed by atoms with Gasteiger partial charge in [-0.15, -0.1) is 0 Å². The van der Waals surface area contributed by atoms with Crippen molar-refractivity contribution in [3.05, 3.63) is 53.9 Å². The highest BCUT2D eigenvalue weighted by Crippen LogP contribution is 2.15. The molecule has 1 amide bonds. The largest absolute Gasteiger partial charge is 0.305 e. The Hall–Kier alpha value is -2.69. The van der Waals surface area contributed by atoms with E-state index in [2.05, 4.69) is 20.5 Å². The molecule has 0 aliphatic rings. The first-order valence-corrected chi connectivity index (χ1v) is 6.46. The van der Waals surface area contributed by atoms with Crippen LogP contribution in [-0.2, 0) is 6.42 Å². The number of aromatic nitrogens is 3. The van der Waals surface area contributed by atoms with E-state index in [0.29, 0.717) is 11.4 Å². The molecule has 100 valence electrons. The molecular formula is C15H14N4O. The van der Waals surface area contributed by atoms with Crippen molar-refractivity contribution in [2.45, 2.75) is 13.3 Å². The smallest absolute Gasteiger partial charge is 0.256 e. The fraction of sp³-hybridized carbons (Fsp3) is 0.133. The molecule has 0 fully saturated rings. The summed E-state index contributed by atoms with van der Waals surface area (Å²) in [6.45, 7) is 2.02. The average molecular weight is 266 g/mol. The van der Waals surface area contributed by atoms with Crippen LogP contribution in [0.5, 0.6) is 0 Å². The van der Waals surface area contributed by atoms with Crippen LogP contribution in [0.4, 0.5) is 5.82 Å². The first kappa shape index (κ1) is 12.3. The molecule has 0 atom stereocenters. The van der Waals surface area contributed by atoms with Crippen LogP contribution in [-0.4, -0.2) is 21.1 Å². The Bertz CT molecular complexity index is 763. The lowest BCUT2D eigenvalue weighted by Crippen LogP contribution is -2.12. The van der Waals surface area contributed by atoms with Crippen LogP contribution in [0.1, 0.15) is 23.0 Å². The molecule has 0 saturated heterocycles. The predicted octanol–water partition coefficient (Wildman–Crippen LogP) is 2.77. The van der Waals surface area contributed by atoms with E-state index >= 15 is 0 Å². The minimum absolute atomic E-state index is 0.176. The Kier molecular flexibility index (Phi) is 3.16. The third kappa shape index (κ3) is 2.38. The number of aromatic amines is 1. The number of fused-ring (bicyclic) bond motifs is 1. The number of rotatable bonds is 3. The van der Waals surface area contributed by atoms with Crippen LogP contribution in [0.2, 0.25) is 0 Å². The van der Waals surface area contributed by atoms with Crippen molar-refractivity contribution in [2.24, 2.45) is 0 Å². The molecule has 3 aromatic rings. The van der Waals surface area contributed by atoms with E-state index in [1.54, 1.807) is 12.3 Å². The first-order valence-electron chi connectivity index (χ1n) is 6.46. The van der Waals surface area contributed by atoms with Gasteiger partial charge in [0.15, 0.2) is 5.82 Å². The Morgan fingerprint density at radius 2 is 2.20 bits per heavy atom. The number of pyridine rings is 1.